The maximum absolute atomic E-state index is 12.2. The summed E-state index contributed by atoms with van der Waals surface area (Å²) < 4.78 is 5.25. The number of aliphatic carboxylic acids is 1. The van der Waals surface area contributed by atoms with Gasteiger partial charge in [0.2, 0.25) is 0 Å². The lowest BCUT2D eigenvalue weighted by Crippen LogP contribution is -2.52. The Balaban J connectivity index is 2.06. The van der Waals surface area contributed by atoms with Crippen LogP contribution in [0.2, 0.25) is 0 Å². The molecule has 1 fully saturated rings. The van der Waals surface area contributed by atoms with Crippen LogP contribution in [-0.2, 0) is 16.1 Å². The Morgan fingerprint density at radius 3 is 2.71 bits per heavy atom. The minimum absolute atomic E-state index is 0.139. The summed E-state index contributed by atoms with van der Waals surface area (Å²) in [4.78, 5) is 25.1. The fourth-order valence-electron chi connectivity index (χ4n) is 2.70. The molecule has 112 valence electrons. The predicted octanol–water partition coefficient (Wildman–Crippen LogP) is 2.82. The number of rotatable bonds is 5. The van der Waals surface area contributed by atoms with E-state index in [1.165, 1.54) is 11.0 Å². The van der Waals surface area contributed by atoms with Crippen molar-refractivity contribution in [2.75, 3.05) is 6.54 Å². The van der Waals surface area contributed by atoms with Gasteiger partial charge in [-0.05, 0) is 24.8 Å². The summed E-state index contributed by atoms with van der Waals surface area (Å²) in [7, 11) is 0. The van der Waals surface area contributed by atoms with Crippen molar-refractivity contribution >= 4 is 12.1 Å². The van der Waals surface area contributed by atoms with Gasteiger partial charge in [-0.2, -0.15) is 0 Å². The largest absolute Gasteiger partial charge is 0.479 e. The first-order valence-electron chi connectivity index (χ1n) is 6.93. The van der Waals surface area contributed by atoms with E-state index in [1.54, 1.807) is 0 Å². The van der Waals surface area contributed by atoms with Gasteiger partial charge >= 0.3 is 12.1 Å². The Hall–Kier alpha value is -2.30. The number of amides is 1. The van der Waals surface area contributed by atoms with Crippen molar-refractivity contribution in [2.45, 2.75) is 31.4 Å². The highest BCUT2D eigenvalue weighted by molar-refractivity contribution is 5.85. The second-order valence-electron chi connectivity index (χ2n) is 5.12. The van der Waals surface area contributed by atoms with Gasteiger partial charge in [0, 0.05) is 6.54 Å². The molecule has 0 bridgehead atoms. The van der Waals surface area contributed by atoms with Crippen LogP contribution in [0.3, 0.4) is 0 Å². The lowest BCUT2D eigenvalue weighted by molar-refractivity contribution is -0.148. The average molecular weight is 289 g/mol. The van der Waals surface area contributed by atoms with Crippen molar-refractivity contribution < 1.29 is 19.4 Å². The third-order valence-corrected chi connectivity index (χ3v) is 3.79. The molecule has 1 atom stereocenters. The Morgan fingerprint density at radius 1 is 1.38 bits per heavy atom. The van der Waals surface area contributed by atoms with Gasteiger partial charge in [-0.1, -0.05) is 36.4 Å². The third-order valence-electron chi connectivity index (χ3n) is 3.79. The smallest absolute Gasteiger partial charge is 0.411 e. The minimum Gasteiger partial charge on any atom is -0.479 e. The lowest BCUT2D eigenvalue weighted by atomic mass is 9.92. The maximum Gasteiger partial charge on any atom is 0.411 e. The molecule has 1 aliphatic rings. The van der Waals surface area contributed by atoms with Gasteiger partial charge in [0.1, 0.15) is 12.1 Å². The molecule has 0 unspecified atom stereocenters. The zero-order chi connectivity index (χ0) is 15.3. The third kappa shape index (κ3) is 3.07. The maximum atomic E-state index is 12.2. The molecule has 0 saturated carbocycles. The molecule has 5 nitrogen and oxygen atoms in total. The second-order valence-corrected chi connectivity index (χ2v) is 5.12. The van der Waals surface area contributed by atoms with E-state index in [2.05, 4.69) is 6.58 Å². The molecule has 2 rings (SSSR count). The summed E-state index contributed by atoms with van der Waals surface area (Å²) in [5.74, 6) is -1.00. The van der Waals surface area contributed by atoms with Crippen LogP contribution in [0.5, 0.6) is 0 Å². The highest BCUT2D eigenvalue weighted by Gasteiger charge is 2.49. The number of nitrogens with zero attached hydrogens (tertiary/aromatic N) is 1. The predicted molar refractivity (Wildman–Crippen MR) is 77.7 cm³/mol. The quantitative estimate of drug-likeness (QED) is 0.846. The molecule has 21 heavy (non-hydrogen) atoms. The lowest BCUT2D eigenvalue weighted by Gasteiger charge is -2.33. The summed E-state index contributed by atoms with van der Waals surface area (Å²) in [6.07, 6.45) is 2.26. The fourth-order valence-corrected chi connectivity index (χ4v) is 2.70. The van der Waals surface area contributed by atoms with E-state index in [0.717, 1.165) is 5.56 Å². The number of likely N-dealkylation sites (tertiary alicyclic amines) is 1. The van der Waals surface area contributed by atoms with E-state index < -0.39 is 17.6 Å². The molecular weight excluding hydrogens is 270 g/mol. The Bertz CT molecular complexity index is 528. The molecule has 0 spiro atoms. The zero-order valence-corrected chi connectivity index (χ0v) is 11.8. The number of carbonyl (C=O) groups excluding carboxylic acids is 1. The number of ether oxygens (including phenoxy) is 1. The Morgan fingerprint density at radius 2 is 2.10 bits per heavy atom. The molecule has 0 aromatic heterocycles. The summed E-state index contributed by atoms with van der Waals surface area (Å²) in [6, 6.07) is 9.30. The number of carbonyl (C=O) groups is 2. The van der Waals surface area contributed by atoms with Crippen LogP contribution in [0.4, 0.5) is 4.79 Å². The van der Waals surface area contributed by atoms with Gasteiger partial charge in [-0.3, -0.25) is 4.90 Å². The molecule has 1 aliphatic heterocycles. The van der Waals surface area contributed by atoms with Crippen LogP contribution >= 0.6 is 0 Å². The fraction of sp³-hybridized carbons (Fsp3) is 0.375. The van der Waals surface area contributed by atoms with Gasteiger partial charge in [-0.25, -0.2) is 9.59 Å². The van der Waals surface area contributed by atoms with Crippen molar-refractivity contribution in [2.24, 2.45) is 0 Å². The summed E-state index contributed by atoms with van der Waals surface area (Å²) in [5, 5.41) is 9.50. The Labute approximate surface area is 123 Å². The molecule has 0 aliphatic carbocycles. The number of hydrogen-bond acceptors (Lipinski definition) is 3. The van der Waals surface area contributed by atoms with Crippen LogP contribution in [0.25, 0.3) is 0 Å². The summed E-state index contributed by atoms with van der Waals surface area (Å²) in [5.41, 5.74) is -0.343. The highest BCUT2D eigenvalue weighted by Crippen LogP contribution is 2.34. The van der Waals surface area contributed by atoms with Crippen LogP contribution < -0.4 is 0 Å². The van der Waals surface area contributed by atoms with Crippen molar-refractivity contribution in [1.29, 1.82) is 0 Å². The zero-order valence-electron chi connectivity index (χ0n) is 11.8. The number of hydrogen-bond donors (Lipinski definition) is 1. The van der Waals surface area contributed by atoms with Gasteiger partial charge in [0.15, 0.2) is 0 Å². The van der Waals surface area contributed by atoms with Crippen LogP contribution in [0, 0.1) is 0 Å². The average Bonchev–Trinajstić information content (AvgIpc) is 2.91. The van der Waals surface area contributed by atoms with E-state index in [-0.39, 0.29) is 13.0 Å². The Kier molecular flexibility index (Phi) is 4.62. The van der Waals surface area contributed by atoms with E-state index in [9.17, 15) is 14.7 Å². The van der Waals surface area contributed by atoms with Crippen molar-refractivity contribution in [1.82, 2.24) is 4.90 Å². The van der Waals surface area contributed by atoms with Crippen LogP contribution in [0.15, 0.2) is 43.0 Å². The normalized spacial score (nSPS) is 21.0. The topological polar surface area (TPSA) is 66.8 Å². The van der Waals surface area contributed by atoms with E-state index >= 15 is 0 Å². The molecule has 5 heteroatoms. The first-order chi connectivity index (χ1) is 10.1. The van der Waals surface area contributed by atoms with Gasteiger partial charge < -0.3 is 9.84 Å². The van der Waals surface area contributed by atoms with Crippen LogP contribution in [-0.4, -0.2) is 34.2 Å². The monoisotopic (exact) mass is 289 g/mol. The van der Waals surface area contributed by atoms with Gasteiger partial charge in [0.25, 0.3) is 0 Å². The van der Waals surface area contributed by atoms with Crippen LogP contribution in [0.1, 0.15) is 24.8 Å². The van der Waals surface area contributed by atoms with Crippen molar-refractivity contribution in [3.63, 3.8) is 0 Å². The molecule has 1 aromatic rings. The van der Waals surface area contributed by atoms with Crippen molar-refractivity contribution in [3.05, 3.63) is 48.6 Å². The second kappa shape index (κ2) is 6.43. The minimum atomic E-state index is -1.21. The molecular formula is C16H19NO4. The molecule has 1 heterocycles. The molecule has 0 radical (unpaired) electrons. The van der Waals surface area contributed by atoms with Crippen molar-refractivity contribution in [3.8, 4) is 0 Å². The molecule has 1 aromatic carbocycles. The number of carboxylic acids is 1. The van der Waals surface area contributed by atoms with E-state index in [1.807, 2.05) is 30.3 Å². The number of benzene rings is 1. The van der Waals surface area contributed by atoms with E-state index in [4.69, 9.17) is 4.74 Å². The summed E-state index contributed by atoms with van der Waals surface area (Å²) in [6.45, 7) is 4.13. The first-order valence-corrected chi connectivity index (χ1v) is 6.93. The van der Waals surface area contributed by atoms with E-state index in [0.29, 0.717) is 19.4 Å². The highest BCUT2D eigenvalue weighted by atomic mass is 16.6. The number of carboxylic acid groups (broad SMARTS) is 1. The summed E-state index contributed by atoms with van der Waals surface area (Å²) >= 11 is 0. The standard InChI is InChI=1S/C16H19NO4/c1-2-9-16(14(18)19)10-6-11-17(16)15(20)21-12-13-7-4-3-5-8-13/h2-5,7-8H,1,6,9-12H2,(H,18,19)/t16-/m1/s1. The molecule has 1 amide bonds. The van der Waals surface area contributed by atoms with Gasteiger partial charge in [-0.15, -0.1) is 6.58 Å². The van der Waals surface area contributed by atoms with Gasteiger partial charge in [0.05, 0.1) is 0 Å². The molecule has 1 saturated heterocycles. The first kappa shape index (κ1) is 15.1. The SMILES string of the molecule is C=CC[C@]1(C(=O)O)CCCN1C(=O)OCc1ccccc1. The molecule has 1 N–H and O–H groups in total.